The maximum Gasteiger partial charge on any atom is 0.416 e. The summed E-state index contributed by atoms with van der Waals surface area (Å²) in [5.74, 6) is -1.68. The summed E-state index contributed by atoms with van der Waals surface area (Å²) in [7, 11) is 0. The van der Waals surface area contributed by atoms with Gasteiger partial charge in [0.05, 0.1) is 11.5 Å². The summed E-state index contributed by atoms with van der Waals surface area (Å²) in [5.41, 5.74) is -0.431. The number of alkyl halides is 3. The average molecular weight is 287 g/mol. The number of carboxylic acids is 1. The molecule has 0 saturated carbocycles. The maximum absolute atomic E-state index is 12.7. The lowest BCUT2D eigenvalue weighted by Crippen LogP contribution is -2.32. The predicted molar refractivity (Wildman–Crippen MR) is 70.7 cm³/mol. The molecule has 0 amide bonds. The van der Waals surface area contributed by atoms with Gasteiger partial charge in [0.15, 0.2) is 0 Å². The second-order valence-corrected chi connectivity index (χ2v) is 4.48. The van der Waals surface area contributed by atoms with Gasteiger partial charge in [-0.25, -0.2) is 0 Å². The van der Waals surface area contributed by atoms with Crippen LogP contribution in [0.2, 0.25) is 0 Å². The molecule has 0 spiro atoms. The zero-order valence-electron chi connectivity index (χ0n) is 11.0. The lowest BCUT2D eigenvalue weighted by molar-refractivity contribution is -0.141. The highest BCUT2D eigenvalue weighted by molar-refractivity contribution is 5.70. The van der Waals surface area contributed by atoms with Crippen LogP contribution < -0.4 is 4.90 Å². The van der Waals surface area contributed by atoms with Gasteiger partial charge in [0.1, 0.15) is 0 Å². The van der Waals surface area contributed by atoms with Gasteiger partial charge < -0.3 is 10.0 Å². The largest absolute Gasteiger partial charge is 0.481 e. The van der Waals surface area contributed by atoms with Crippen LogP contribution >= 0.6 is 0 Å². The smallest absolute Gasteiger partial charge is 0.416 e. The Kier molecular flexibility index (Phi) is 5.19. The molecule has 1 atom stereocenters. The Morgan fingerprint density at radius 3 is 2.65 bits per heavy atom. The fraction of sp³-hybridized carbons (Fsp3) is 0.357. The third-order valence-corrected chi connectivity index (χ3v) is 2.80. The van der Waals surface area contributed by atoms with Gasteiger partial charge >= 0.3 is 12.1 Å². The number of carboxylic acid groups (broad SMARTS) is 1. The first-order valence-electron chi connectivity index (χ1n) is 6.01. The van der Waals surface area contributed by atoms with E-state index in [0.29, 0.717) is 5.69 Å². The minimum Gasteiger partial charge on any atom is -0.481 e. The number of carbonyl (C=O) groups is 1. The van der Waals surface area contributed by atoms with E-state index in [1.54, 1.807) is 4.90 Å². The standard InChI is InChI=1S/C14H16F3NO2/c1-3-7-18(9-10(2)13(19)20)12-6-4-5-11(8-12)14(15,16)17/h3-6,8,10H,1,7,9H2,2H3,(H,19,20). The summed E-state index contributed by atoms with van der Waals surface area (Å²) in [4.78, 5) is 12.4. The van der Waals surface area contributed by atoms with Crippen molar-refractivity contribution in [3.05, 3.63) is 42.5 Å². The van der Waals surface area contributed by atoms with Crippen LogP contribution in [0.25, 0.3) is 0 Å². The summed E-state index contributed by atoms with van der Waals surface area (Å²) in [6, 6.07) is 4.82. The molecule has 1 N–H and O–H groups in total. The quantitative estimate of drug-likeness (QED) is 0.815. The van der Waals surface area contributed by atoms with Crippen LogP contribution in [-0.4, -0.2) is 24.2 Å². The molecule has 1 aromatic rings. The van der Waals surface area contributed by atoms with Gasteiger partial charge in [-0.05, 0) is 18.2 Å². The summed E-state index contributed by atoms with van der Waals surface area (Å²) in [5, 5.41) is 8.90. The molecule has 0 fully saturated rings. The van der Waals surface area contributed by atoms with E-state index < -0.39 is 23.6 Å². The summed E-state index contributed by atoms with van der Waals surface area (Å²) < 4.78 is 38.0. The molecule has 0 saturated heterocycles. The van der Waals surface area contributed by atoms with Crippen molar-refractivity contribution >= 4 is 11.7 Å². The van der Waals surface area contributed by atoms with Crippen LogP contribution in [0.3, 0.4) is 0 Å². The highest BCUT2D eigenvalue weighted by Gasteiger charge is 2.31. The van der Waals surface area contributed by atoms with Crippen LogP contribution in [-0.2, 0) is 11.0 Å². The van der Waals surface area contributed by atoms with E-state index in [-0.39, 0.29) is 13.1 Å². The lowest BCUT2D eigenvalue weighted by atomic mass is 10.1. The van der Waals surface area contributed by atoms with Crippen molar-refractivity contribution in [2.75, 3.05) is 18.0 Å². The van der Waals surface area contributed by atoms with Gasteiger partial charge in [-0.1, -0.05) is 19.1 Å². The lowest BCUT2D eigenvalue weighted by Gasteiger charge is -2.26. The van der Waals surface area contributed by atoms with Crippen molar-refractivity contribution in [3.63, 3.8) is 0 Å². The van der Waals surface area contributed by atoms with E-state index in [4.69, 9.17) is 5.11 Å². The van der Waals surface area contributed by atoms with Gasteiger partial charge in [0.25, 0.3) is 0 Å². The Hall–Kier alpha value is -1.98. The minimum atomic E-state index is -4.42. The molecule has 0 bridgehead atoms. The van der Waals surface area contributed by atoms with Crippen molar-refractivity contribution in [1.29, 1.82) is 0 Å². The number of hydrogen-bond acceptors (Lipinski definition) is 2. The molecule has 0 aliphatic heterocycles. The van der Waals surface area contributed by atoms with Crippen molar-refractivity contribution < 1.29 is 23.1 Å². The van der Waals surface area contributed by atoms with Gasteiger partial charge in [-0.15, -0.1) is 6.58 Å². The molecule has 0 aliphatic carbocycles. The van der Waals surface area contributed by atoms with E-state index >= 15 is 0 Å². The molecule has 0 heterocycles. The molecular formula is C14H16F3NO2. The Labute approximate surface area is 115 Å². The predicted octanol–water partition coefficient (Wildman–Crippen LogP) is 3.42. The number of halogens is 3. The molecule has 20 heavy (non-hydrogen) atoms. The van der Waals surface area contributed by atoms with E-state index in [9.17, 15) is 18.0 Å². The summed E-state index contributed by atoms with van der Waals surface area (Å²) >= 11 is 0. The Morgan fingerprint density at radius 1 is 1.50 bits per heavy atom. The second kappa shape index (κ2) is 6.45. The number of aliphatic carboxylic acids is 1. The first kappa shape index (κ1) is 16.1. The SMILES string of the molecule is C=CCN(CC(C)C(=O)O)c1cccc(C(F)(F)F)c1. The summed E-state index contributed by atoms with van der Waals surface area (Å²) in [6.45, 7) is 5.43. The van der Waals surface area contributed by atoms with Crippen molar-refractivity contribution in [2.24, 2.45) is 5.92 Å². The Balaban J connectivity index is 3.03. The fourth-order valence-corrected chi connectivity index (χ4v) is 1.73. The molecule has 1 unspecified atom stereocenters. The summed E-state index contributed by atoms with van der Waals surface area (Å²) in [6.07, 6.45) is -2.90. The number of hydrogen-bond donors (Lipinski definition) is 1. The van der Waals surface area contributed by atoms with Crippen LogP contribution in [0.5, 0.6) is 0 Å². The highest BCUT2D eigenvalue weighted by atomic mass is 19.4. The zero-order chi connectivity index (χ0) is 15.3. The van der Waals surface area contributed by atoms with Crippen molar-refractivity contribution in [1.82, 2.24) is 0 Å². The van der Waals surface area contributed by atoms with Crippen LogP contribution in [0, 0.1) is 5.92 Å². The van der Waals surface area contributed by atoms with E-state index in [0.717, 1.165) is 12.1 Å². The van der Waals surface area contributed by atoms with Gasteiger partial charge in [-0.3, -0.25) is 4.79 Å². The molecule has 1 aromatic carbocycles. The zero-order valence-corrected chi connectivity index (χ0v) is 11.0. The molecule has 6 heteroatoms. The normalized spacial score (nSPS) is 12.8. The van der Waals surface area contributed by atoms with E-state index in [1.165, 1.54) is 25.1 Å². The third-order valence-electron chi connectivity index (χ3n) is 2.80. The van der Waals surface area contributed by atoms with Crippen molar-refractivity contribution in [2.45, 2.75) is 13.1 Å². The Bertz CT molecular complexity index is 486. The van der Waals surface area contributed by atoms with Gasteiger partial charge in [0.2, 0.25) is 0 Å². The molecule has 0 aliphatic rings. The number of benzene rings is 1. The minimum absolute atomic E-state index is 0.114. The first-order valence-corrected chi connectivity index (χ1v) is 6.01. The third kappa shape index (κ3) is 4.29. The fourth-order valence-electron chi connectivity index (χ4n) is 1.73. The highest BCUT2D eigenvalue weighted by Crippen LogP contribution is 2.31. The van der Waals surface area contributed by atoms with E-state index in [2.05, 4.69) is 6.58 Å². The van der Waals surface area contributed by atoms with Gasteiger partial charge in [0, 0.05) is 18.8 Å². The second-order valence-electron chi connectivity index (χ2n) is 4.48. The average Bonchev–Trinajstić information content (AvgIpc) is 2.37. The van der Waals surface area contributed by atoms with Gasteiger partial charge in [-0.2, -0.15) is 13.2 Å². The first-order chi connectivity index (χ1) is 9.25. The molecule has 0 aromatic heterocycles. The molecule has 1 rings (SSSR count). The maximum atomic E-state index is 12.7. The molecular weight excluding hydrogens is 271 g/mol. The van der Waals surface area contributed by atoms with Crippen LogP contribution in [0.15, 0.2) is 36.9 Å². The van der Waals surface area contributed by atoms with Crippen LogP contribution in [0.4, 0.5) is 18.9 Å². The van der Waals surface area contributed by atoms with Crippen molar-refractivity contribution in [3.8, 4) is 0 Å². The topological polar surface area (TPSA) is 40.5 Å². The van der Waals surface area contributed by atoms with E-state index in [1.807, 2.05) is 0 Å². The van der Waals surface area contributed by atoms with Crippen LogP contribution in [0.1, 0.15) is 12.5 Å². The number of anilines is 1. The number of rotatable bonds is 6. The monoisotopic (exact) mass is 287 g/mol. The number of nitrogens with zero attached hydrogens (tertiary/aromatic N) is 1. The molecule has 0 radical (unpaired) electrons. The Morgan fingerprint density at radius 2 is 2.15 bits per heavy atom. The molecule has 3 nitrogen and oxygen atoms in total. The molecule has 110 valence electrons.